The van der Waals surface area contributed by atoms with Crippen LogP contribution in [0.2, 0.25) is 0 Å². The number of nitrogens with one attached hydrogen (secondary N) is 4. The number of morpholine rings is 1. The lowest BCUT2D eigenvalue weighted by Gasteiger charge is -2.30. The number of nitrogens with zero attached hydrogens (tertiary/aromatic N) is 1. The summed E-state index contributed by atoms with van der Waals surface area (Å²) in [6.45, 7) is -1.59. The highest BCUT2D eigenvalue weighted by molar-refractivity contribution is 5.98. The van der Waals surface area contributed by atoms with Crippen molar-refractivity contribution in [2.24, 2.45) is 0 Å². The summed E-state index contributed by atoms with van der Waals surface area (Å²) in [6.07, 6.45) is -5.18. The van der Waals surface area contributed by atoms with Gasteiger partial charge in [-0.25, -0.2) is 27.2 Å². The van der Waals surface area contributed by atoms with Gasteiger partial charge in [-0.15, -0.1) is 0 Å². The minimum atomic E-state index is -4.59. The van der Waals surface area contributed by atoms with Crippen LogP contribution in [0.15, 0.2) is 54.9 Å². The lowest BCUT2D eigenvalue weighted by atomic mass is 9.84. The number of alkyl carbamates (subject to hydrolysis) is 2. The summed E-state index contributed by atoms with van der Waals surface area (Å²) >= 11 is 0. The van der Waals surface area contributed by atoms with Crippen LogP contribution in [0.1, 0.15) is 29.0 Å². The maximum absolute atomic E-state index is 15.2. The van der Waals surface area contributed by atoms with Gasteiger partial charge >= 0.3 is 18.4 Å². The van der Waals surface area contributed by atoms with E-state index in [0.29, 0.717) is 0 Å². The lowest BCUT2D eigenvalue weighted by molar-refractivity contribution is -0.124. The third-order valence-corrected chi connectivity index (χ3v) is 7.59. The molecule has 1 aliphatic heterocycles. The molecule has 1 aromatic heterocycles. The molecule has 1 aliphatic rings. The Bertz CT molecular complexity index is 1640. The van der Waals surface area contributed by atoms with Crippen molar-refractivity contribution in [3.05, 3.63) is 94.8 Å². The topological polar surface area (TPSA) is 140 Å². The molecule has 1 fully saturated rings. The van der Waals surface area contributed by atoms with E-state index in [0.717, 1.165) is 49.8 Å². The number of halogens is 7. The smallest absolute Gasteiger partial charge is 0.407 e. The average molecular weight is 716 g/mol. The molecule has 0 spiro atoms. The van der Waals surface area contributed by atoms with Gasteiger partial charge < -0.3 is 35.5 Å². The van der Waals surface area contributed by atoms with Crippen molar-refractivity contribution in [2.75, 3.05) is 38.7 Å². The number of aromatic nitrogens is 1. The van der Waals surface area contributed by atoms with Gasteiger partial charge in [-0.2, -0.15) is 13.2 Å². The molecule has 4 rings (SSSR count). The number of pyridine rings is 1. The second-order valence-corrected chi connectivity index (χ2v) is 11.1. The second-order valence-electron chi connectivity index (χ2n) is 11.1. The van der Waals surface area contributed by atoms with Crippen LogP contribution in [0, 0.1) is 23.3 Å². The molecule has 11 nitrogen and oxygen atoms in total. The highest BCUT2D eigenvalue weighted by atomic mass is 19.4. The van der Waals surface area contributed by atoms with Crippen LogP contribution in [-0.2, 0) is 25.4 Å². The Balaban J connectivity index is 1.48. The average Bonchev–Trinajstić information content (AvgIpc) is 3.08. The van der Waals surface area contributed by atoms with Crippen molar-refractivity contribution in [3.8, 4) is 0 Å². The fourth-order valence-corrected chi connectivity index (χ4v) is 5.16. The van der Waals surface area contributed by atoms with Crippen LogP contribution < -0.4 is 21.3 Å². The van der Waals surface area contributed by atoms with Gasteiger partial charge in [0.2, 0.25) is 5.91 Å². The zero-order valence-corrected chi connectivity index (χ0v) is 26.3. The van der Waals surface area contributed by atoms with Crippen LogP contribution in [0.25, 0.3) is 0 Å². The van der Waals surface area contributed by atoms with E-state index in [2.05, 4.69) is 25.7 Å². The van der Waals surface area contributed by atoms with Gasteiger partial charge in [-0.1, -0.05) is 12.1 Å². The Labute approximate surface area is 280 Å². The second kappa shape index (κ2) is 17.1. The summed E-state index contributed by atoms with van der Waals surface area (Å²) < 4.78 is 110. The minimum absolute atomic E-state index is 0.00386. The van der Waals surface area contributed by atoms with Crippen molar-refractivity contribution in [1.82, 2.24) is 20.9 Å². The van der Waals surface area contributed by atoms with Crippen molar-refractivity contribution >= 4 is 23.8 Å². The zero-order valence-electron chi connectivity index (χ0n) is 26.3. The molecule has 18 heteroatoms. The van der Waals surface area contributed by atoms with Gasteiger partial charge in [0.25, 0.3) is 0 Å². The number of benzene rings is 2. The van der Waals surface area contributed by atoms with Crippen molar-refractivity contribution in [3.63, 3.8) is 0 Å². The first-order valence-corrected chi connectivity index (χ1v) is 15.0. The molecule has 50 heavy (non-hydrogen) atoms. The predicted octanol–water partition coefficient (Wildman–Crippen LogP) is 4.71. The van der Waals surface area contributed by atoms with Crippen LogP contribution in [0.3, 0.4) is 0 Å². The minimum Gasteiger partial charge on any atom is -0.453 e. The number of carbonyl (C=O) groups is 3. The monoisotopic (exact) mass is 715 g/mol. The summed E-state index contributed by atoms with van der Waals surface area (Å²) in [5.41, 5.74) is -0.337. The van der Waals surface area contributed by atoms with E-state index in [-0.39, 0.29) is 55.0 Å². The number of rotatable bonds is 12. The summed E-state index contributed by atoms with van der Waals surface area (Å²) in [4.78, 5) is 41.6. The van der Waals surface area contributed by atoms with Crippen LogP contribution in [0.5, 0.6) is 0 Å². The van der Waals surface area contributed by atoms with Gasteiger partial charge in [0, 0.05) is 23.6 Å². The van der Waals surface area contributed by atoms with Gasteiger partial charge in [0.05, 0.1) is 43.9 Å². The molecule has 0 saturated carbocycles. The standard InChI is InChI=1S/C32H32F7N5O6/c1-48-31(47)44-28(27(17-2-4-18(33)5-3-17)23-10-19(34)6-9-24(23)35)29(45)43-26-13-40-12-25(36)22(26)8-7-21-11-41-20(14-49-21)15-50-30(46)42-16-32(37,38)39/h2-6,9-10,12-13,20-21,27-28,41H,7-8,11,14-16H2,1H3,(H,42,46)(H,43,45)(H,44,47)/t20-,21+,27-,28?/m0/s1. The Kier molecular flexibility index (Phi) is 12.9. The normalized spacial score (nSPS) is 17.3. The molecular weight excluding hydrogens is 683 g/mol. The predicted molar refractivity (Wildman–Crippen MR) is 162 cm³/mol. The van der Waals surface area contributed by atoms with Gasteiger partial charge in [-0.05, 0) is 48.7 Å². The summed E-state index contributed by atoms with van der Waals surface area (Å²) in [5, 5.41) is 9.43. The molecular formula is C32H32F7N5O6. The van der Waals surface area contributed by atoms with Gasteiger partial charge in [0.1, 0.15) is 42.5 Å². The van der Waals surface area contributed by atoms with Crippen molar-refractivity contribution < 1.29 is 59.3 Å². The highest BCUT2D eigenvalue weighted by Gasteiger charge is 2.36. The third-order valence-electron chi connectivity index (χ3n) is 7.59. The summed E-state index contributed by atoms with van der Waals surface area (Å²) in [6, 6.07) is 4.82. The molecule has 270 valence electrons. The van der Waals surface area contributed by atoms with Gasteiger partial charge in [-0.3, -0.25) is 9.78 Å². The van der Waals surface area contributed by atoms with E-state index in [1.54, 1.807) is 5.32 Å². The Morgan fingerprint density at radius 1 is 1.00 bits per heavy atom. The first-order valence-electron chi connectivity index (χ1n) is 15.0. The maximum atomic E-state index is 15.2. The molecule has 2 heterocycles. The molecule has 4 atom stereocenters. The molecule has 0 aliphatic carbocycles. The van der Waals surface area contributed by atoms with Crippen LogP contribution in [-0.4, -0.2) is 80.9 Å². The number of hydrogen-bond acceptors (Lipinski definition) is 8. The van der Waals surface area contributed by atoms with E-state index >= 15 is 8.78 Å². The molecule has 1 saturated heterocycles. The summed E-state index contributed by atoms with van der Waals surface area (Å²) in [7, 11) is 1.02. The fourth-order valence-electron chi connectivity index (χ4n) is 5.16. The van der Waals surface area contributed by atoms with E-state index in [1.165, 1.54) is 12.1 Å². The first kappa shape index (κ1) is 37.8. The third kappa shape index (κ3) is 10.8. The number of hydrogen-bond donors (Lipinski definition) is 4. The molecule has 3 aromatic rings. The van der Waals surface area contributed by atoms with E-state index in [9.17, 15) is 36.3 Å². The summed E-state index contributed by atoms with van der Waals surface area (Å²) in [5.74, 6) is -5.67. The number of anilines is 1. The highest BCUT2D eigenvalue weighted by Crippen LogP contribution is 2.32. The Hall–Kier alpha value is -4.97. The fraction of sp³-hybridized carbons (Fsp3) is 0.375. The maximum Gasteiger partial charge on any atom is 0.407 e. The number of ether oxygens (including phenoxy) is 3. The molecule has 1 unspecified atom stereocenters. The Morgan fingerprint density at radius 2 is 1.72 bits per heavy atom. The lowest BCUT2D eigenvalue weighted by Crippen LogP contribution is -2.49. The zero-order chi connectivity index (χ0) is 36.4. The molecule has 4 N–H and O–H groups in total. The quantitative estimate of drug-likeness (QED) is 0.198. The number of carbonyl (C=O) groups excluding carboxylic acids is 3. The number of amides is 3. The molecule has 2 aromatic carbocycles. The molecule has 3 amide bonds. The largest absolute Gasteiger partial charge is 0.453 e. The van der Waals surface area contributed by atoms with Crippen LogP contribution >= 0.6 is 0 Å². The first-order chi connectivity index (χ1) is 23.7. The number of alkyl halides is 3. The van der Waals surface area contributed by atoms with Crippen molar-refractivity contribution in [2.45, 2.75) is 43.1 Å². The molecule has 0 bridgehead atoms. The van der Waals surface area contributed by atoms with Gasteiger partial charge in [0.15, 0.2) is 0 Å². The molecule has 0 radical (unpaired) electrons. The van der Waals surface area contributed by atoms with Crippen LogP contribution in [0.4, 0.5) is 46.0 Å². The van der Waals surface area contributed by atoms with E-state index in [1.807, 2.05) is 0 Å². The Morgan fingerprint density at radius 3 is 2.38 bits per heavy atom. The van der Waals surface area contributed by atoms with E-state index < -0.39 is 78.2 Å². The number of methoxy groups -OCH3 is 1. The van der Waals surface area contributed by atoms with Crippen molar-refractivity contribution in [1.29, 1.82) is 0 Å². The van der Waals surface area contributed by atoms with E-state index in [4.69, 9.17) is 9.47 Å². The SMILES string of the molecule is COC(=O)NC(C(=O)Nc1cncc(F)c1CC[C@@H]1CN[C@H](COC(=O)NCC(F)(F)F)CO1)[C@@H](c1ccc(F)cc1)c1cc(F)ccc1F.